The van der Waals surface area contributed by atoms with Gasteiger partial charge in [0.1, 0.15) is 11.8 Å². The van der Waals surface area contributed by atoms with Crippen LogP contribution in [0, 0.1) is 5.92 Å². The van der Waals surface area contributed by atoms with Gasteiger partial charge in [0.15, 0.2) is 5.13 Å². The zero-order valence-corrected chi connectivity index (χ0v) is 21.6. The molecule has 0 fully saturated rings. The Balaban J connectivity index is 1.52. The van der Waals surface area contributed by atoms with Crippen LogP contribution in [0.15, 0.2) is 41.3 Å². The van der Waals surface area contributed by atoms with Crippen molar-refractivity contribution >= 4 is 54.2 Å². The minimum atomic E-state index is -3.99. The highest BCUT2D eigenvalue weighted by atomic mass is 32.2. The van der Waals surface area contributed by atoms with Crippen LogP contribution in [0.2, 0.25) is 0 Å². The summed E-state index contributed by atoms with van der Waals surface area (Å²) in [7, 11) is -3.99. The zero-order valence-electron chi connectivity index (χ0n) is 20.0. The van der Waals surface area contributed by atoms with Crippen molar-refractivity contribution in [1.29, 1.82) is 0 Å². The van der Waals surface area contributed by atoms with Crippen molar-refractivity contribution in [1.82, 2.24) is 9.71 Å². The Morgan fingerprint density at radius 1 is 1.20 bits per heavy atom. The lowest BCUT2D eigenvalue weighted by molar-refractivity contribution is -0.118. The first-order chi connectivity index (χ1) is 16.6. The largest absolute Gasteiger partial charge is 0.494 e. The first-order valence-electron chi connectivity index (χ1n) is 11.4. The molecule has 1 aromatic heterocycles. The minimum absolute atomic E-state index is 0.0588. The molecule has 3 aromatic rings. The van der Waals surface area contributed by atoms with Crippen LogP contribution in [-0.4, -0.2) is 44.4 Å². The number of nitrogens with one attached hydrogen (secondary N) is 2. The molecular formula is C24H28N4O5S2. The van der Waals surface area contributed by atoms with E-state index >= 15 is 0 Å². The van der Waals surface area contributed by atoms with E-state index in [0.717, 1.165) is 21.7 Å². The van der Waals surface area contributed by atoms with Crippen LogP contribution >= 0.6 is 11.3 Å². The second-order valence-corrected chi connectivity index (χ2v) is 11.4. The highest BCUT2D eigenvalue weighted by molar-refractivity contribution is 7.89. The Morgan fingerprint density at radius 3 is 2.66 bits per heavy atom. The van der Waals surface area contributed by atoms with E-state index in [1.807, 2.05) is 25.1 Å². The SMILES string of the molecule is CCOc1ccc2nc(NC(=O)[C@@H](NS(=O)(=O)c3ccc4c(c3)CCN4C(C)=O)C(C)C)sc2c1. The van der Waals surface area contributed by atoms with Crippen molar-refractivity contribution < 1.29 is 22.7 Å². The summed E-state index contributed by atoms with van der Waals surface area (Å²) >= 11 is 1.29. The summed E-state index contributed by atoms with van der Waals surface area (Å²) in [6.07, 6.45) is 0.578. The Morgan fingerprint density at radius 2 is 1.97 bits per heavy atom. The van der Waals surface area contributed by atoms with Gasteiger partial charge < -0.3 is 15.0 Å². The van der Waals surface area contributed by atoms with Crippen molar-refractivity contribution in [2.24, 2.45) is 5.92 Å². The van der Waals surface area contributed by atoms with Crippen LogP contribution in [0.5, 0.6) is 5.75 Å². The van der Waals surface area contributed by atoms with E-state index in [9.17, 15) is 18.0 Å². The number of fused-ring (bicyclic) bond motifs is 2. The molecule has 0 saturated carbocycles. The number of thiazole rings is 1. The molecule has 35 heavy (non-hydrogen) atoms. The van der Waals surface area contributed by atoms with E-state index in [1.165, 1.54) is 24.3 Å². The van der Waals surface area contributed by atoms with Crippen molar-refractivity contribution in [2.45, 2.75) is 45.1 Å². The Bertz CT molecular complexity index is 1380. The number of ether oxygens (including phenoxy) is 1. The van der Waals surface area contributed by atoms with Gasteiger partial charge >= 0.3 is 0 Å². The summed E-state index contributed by atoms with van der Waals surface area (Å²) < 4.78 is 35.2. The molecule has 1 atom stereocenters. The van der Waals surface area contributed by atoms with Gasteiger partial charge in [0.25, 0.3) is 0 Å². The van der Waals surface area contributed by atoms with E-state index < -0.39 is 22.0 Å². The fraction of sp³-hybridized carbons (Fsp3) is 0.375. The fourth-order valence-corrected chi connectivity index (χ4v) is 6.29. The van der Waals surface area contributed by atoms with E-state index in [4.69, 9.17) is 4.74 Å². The molecule has 2 amide bonds. The van der Waals surface area contributed by atoms with Gasteiger partial charge in [-0.15, -0.1) is 0 Å². The van der Waals surface area contributed by atoms with Gasteiger partial charge in [-0.3, -0.25) is 9.59 Å². The average molecular weight is 517 g/mol. The summed E-state index contributed by atoms with van der Waals surface area (Å²) in [6.45, 7) is 7.99. The third kappa shape index (κ3) is 5.31. The highest BCUT2D eigenvalue weighted by Crippen LogP contribution is 2.31. The van der Waals surface area contributed by atoms with Gasteiger partial charge in [-0.05, 0) is 61.2 Å². The summed E-state index contributed by atoms with van der Waals surface area (Å²) in [5, 5.41) is 3.13. The topological polar surface area (TPSA) is 118 Å². The van der Waals surface area contributed by atoms with Gasteiger partial charge in [0.2, 0.25) is 21.8 Å². The number of carbonyl (C=O) groups is 2. The number of carbonyl (C=O) groups excluding carboxylic acids is 2. The molecule has 2 aromatic carbocycles. The van der Waals surface area contributed by atoms with Crippen LogP contribution in [0.25, 0.3) is 10.2 Å². The van der Waals surface area contributed by atoms with Crippen molar-refractivity contribution in [2.75, 3.05) is 23.4 Å². The Hall–Kier alpha value is -3.02. The quantitative estimate of drug-likeness (QED) is 0.473. The number of hydrogen-bond donors (Lipinski definition) is 2. The van der Waals surface area contributed by atoms with Crippen LogP contribution in [-0.2, 0) is 26.0 Å². The molecule has 11 heteroatoms. The molecule has 0 radical (unpaired) electrons. The number of nitrogens with zero attached hydrogens (tertiary/aromatic N) is 2. The Labute approximate surface area is 208 Å². The number of benzene rings is 2. The molecule has 0 bridgehead atoms. The summed E-state index contributed by atoms with van der Waals surface area (Å²) in [5.74, 6) is -0.170. The molecule has 1 aliphatic heterocycles. The predicted octanol–water partition coefficient (Wildman–Crippen LogP) is 3.55. The van der Waals surface area contributed by atoms with E-state index in [1.54, 1.807) is 30.9 Å². The highest BCUT2D eigenvalue weighted by Gasteiger charge is 2.30. The molecule has 1 aliphatic rings. The first-order valence-corrected chi connectivity index (χ1v) is 13.7. The molecular weight excluding hydrogens is 488 g/mol. The summed E-state index contributed by atoms with van der Waals surface area (Å²) in [5.41, 5.74) is 2.22. The number of sulfonamides is 1. The van der Waals surface area contributed by atoms with Crippen LogP contribution < -0.4 is 19.7 Å². The lowest BCUT2D eigenvalue weighted by Gasteiger charge is -2.21. The molecule has 0 unspecified atom stereocenters. The van der Waals surface area contributed by atoms with Crippen LogP contribution in [0.1, 0.15) is 33.3 Å². The summed E-state index contributed by atoms with van der Waals surface area (Å²) in [4.78, 5) is 31.0. The normalized spacial score (nSPS) is 14.3. The van der Waals surface area contributed by atoms with Crippen LogP contribution in [0.3, 0.4) is 0 Å². The lowest BCUT2D eigenvalue weighted by atomic mass is 10.1. The smallest absolute Gasteiger partial charge is 0.244 e. The van der Waals surface area contributed by atoms with Gasteiger partial charge in [0, 0.05) is 19.2 Å². The molecule has 2 N–H and O–H groups in total. The maximum atomic E-state index is 13.2. The third-order valence-electron chi connectivity index (χ3n) is 5.77. The molecule has 4 rings (SSSR count). The Kier molecular flexibility index (Phi) is 7.11. The second kappa shape index (κ2) is 9.92. The maximum Gasteiger partial charge on any atom is 0.244 e. The molecule has 0 saturated heterocycles. The second-order valence-electron chi connectivity index (χ2n) is 8.62. The van der Waals surface area contributed by atoms with E-state index in [0.29, 0.717) is 30.2 Å². The van der Waals surface area contributed by atoms with Gasteiger partial charge in [-0.1, -0.05) is 25.2 Å². The number of anilines is 2. The maximum absolute atomic E-state index is 13.2. The van der Waals surface area contributed by atoms with Crippen molar-refractivity contribution in [3.63, 3.8) is 0 Å². The molecule has 9 nitrogen and oxygen atoms in total. The third-order valence-corrected chi connectivity index (χ3v) is 8.14. The van der Waals surface area contributed by atoms with Gasteiger partial charge in [-0.2, -0.15) is 4.72 Å². The molecule has 0 spiro atoms. The van der Waals surface area contributed by atoms with Crippen LogP contribution in [0.4, 0.5) is 10.8 Å². The zero-order chi connectivity index (χ0) is 25.3. The van der Waals surface area contributed by atoms with E-state index in [2.05, 4.69) is 15.0 Å². The molecule has 2 heterocycles. The first kappa shape index (κ1) is 25.1. The summed E-state index contributed by atoms with van der Waals surface area (Å²) in [6, 6.07) is 9.15. The number of amides is 2. The fourth-order valence-electron chi connectivity index (χ4n) is 4.00. The van der Waals surface area contributed by atoms with Gasteiger partial charge in [0.05, 0.1) is 21.7 Å². The minimum Gasteiger partial charge on any atom is -0.494 e. The van der Waals surface area contributed by atoms with Crippen molar-refractivity contribution in [3.8, 4) is 5.75 Å². The lowest BCUT2D eigenvalue weighted by Crippen LogP contribution is -2.47. The van der Waals surface area contributed by atoms with Gasteiger partial charge in [-0.25, -0.2) is 13.4 Å². The molecule has 0 aliphatic carbocycles. The predicted molar refractivity (Wildman–Crippen MR) is 137 cm³/mol. The standard InChI is InChI=1S/C24H28N4O5S2/c1-5-33-17-6-8-19-21(13-17)34-24(25-19)26-23(30)22(14(2)3)27-35(31,32)18-7-9-20-16(12-18)10-11-28(20)15(4)29/h6-9,12-14,22,27H,5,10-11H2,1-4H3,(H,25,26,30)/t22-/m0/s1. The monoisotopic (exact) mass is 516 g/mol. The molecule has 186 valence electrons. The van der Waals surface area contributed by atoms with Crippen molar-refractivity contribution in [3.05, 3.63) is 42.0 Å². The average Bonchev–Trinajstić information content (AvgIpc) is 3.40. The number of hydrogen-bond acceptors (Lipinski definition) is 7. The van der Waals surface area contributed by atoms with E-state index in [-0.39, 0.29) is 16.7 Å². The number of aromatic nitrogens is 1. The number of rotatable bonds is 8.